The molecule has 0 fully saturated rings. The average Bonchev–Trinajstić information content (AvgIpc) is 2.88. The number of benzene rings is 2. The second-order valence-electron chi connectivity index (χ2n) is 5.06. The van der Waals surface area contributed by atoms with Crippen molar-refractivity contribution < 1.29 is 4.39 Å². The summed E-state index contributed by atoms with van der Waals surface area (Å²) in [5, 5.41) is 5.13. The van der Waals surface area contributed by atoms with Gasteiger partial charge in [-0.1, -0.05) is 36.4 Å². The molecule has 1 heterocycles. The van der Waals surface area contributed by atoms with E-state index in [2.05, 4.69) is 10.5 Å². The van der Waals surface area contributed by atoms with Crippen molar-refractivity contribution in [1.82, 2.24) is 9.99 Å². The van der Waals surface area contributed by atoms with Gasteiger partial charge in [0.25, 0.3) is 0 Å². The first kappa shape index (κ1) is 15.2. The van der Waals surface area contributed by atoms with E-state index in [1.165, 1.54) is 6.07 Å². The molecule has 0 amide bonds. The maximum absolute atomic E-state index is 13.9. The highest BCUT2D eigenvalue weighted by atomic mass is 32.1. The maximum atomic E-state index is 13.9. The smallest absolute Gasteiger partial charge is 0.184 e. The molecule has 0 unspecified atom stereocenters. The van der Waals surface area contributed by atoms with E-state index in [-0.39, 0.29) is 10.9 Å². The number of halogens is 1. The number of aromatic nitrogens is 1. The van der Waals surface area contributed by atoms with Crippen molar-refractivity contribution in [2.75, 3.05) is 0 Å². The fourth-order valence-electron chi connectivity index (χ4n) is 2.48. The van der Waals surface area contributed by atoms with Crippen molar-refractivity contribution in [2.24, 2.45) is 10.8 Å². The monoisotopic (exact) mass is 326 g/mol. The molecule has 3 rings (SSSR count). The number of nitrogens with zero attached hydrogens (tertiary/aromatic N) is 2. The topological polar surface area (TPSA) is 55.3 Å². The van der Waals surface area contributed by atoms with Crippen molar-refractivity contribution in [2.45, 2.75) is 6.54 Å². The van der Waals surface area contributed by atoms with Crippen LogP contribution in [-0.4, -0.2) is 15.9 Å². The Labute approximate surface area is 138 Å². The van der Waals surface area contributed by atoms with Crippen LogP contribution in [-0.2, 0) is 6.54 Å². The fraction of sp³-hybridized carbons (Fsp3) is 0.0588. The largest absolute Gasteiger partial charge is 0.375 e. The summed E-state index contributed by atoms with van der Waals surface area (Å²) in [4.78, 5) is 0. The number of hydrogen-bond donors (Lipinski definition) is 2. The Kier molecular flexibility index (Phi) is 4.34. The molecular weight excluding hydrogens is 311 g/mol. The summed E-state index contributed by atoms with van der Waals surface area (Å²) in [6, 6.07) is 14.7. The van der Waals surface area contributed by atoms with Crippen LogP contribution >= 0.6 is 12.2 Å². The maximum Gasteiger partial charge on any atom is 0.184 e. The van der Waals surface area contributed by atoms with Crippen molar-refractivity contribution in [3.8, 4) is 0 Å². The predicted molar refractivity (Wildman–Crippen MR) is 95.0 cm³/mol. The lowest BCUT2D eigenvalue weighted by atomic mass is 10.2. The molecule has 3 N–H and O–H groups in total. The average molecular weight is 326 g/mol. The van der Waals surface area contributed by atoms with E-state index in [1.54, 1.807) is 18.3 Å². The number of hydrazone groups is 1. The molecule has 2 aromatic carbocycles. The zero-order chi connectivity index (χ0) is 16.2. The zero-order valence-electron chi connectivity index (χ0n) is 12.2. The van der Waals surface area contributed by atoms with Crippen molar-refractivity contribution in [3.63, 3.8) is 0 Å². The molecule has 116 valence electrons. The number of para-hydroxylation sites is 1. The van der Waals surface area contributed by atoms with Crippen LogP contribution in [0, 0.1) is 5.82 Å². The molecule has 0 radical (unpaired) electrons. The first-order valence-electron chi connectivity index (χ1n) is 7.05. The standard InChI is InChI=1S/C17H15FN4S/c18-15-7-3-1-5-12(15)10-22-11-13(9-20-21-17(19)23)14-6-2-4-8-16(14)22/h1-9,11H,10H2,(H3,19,21,23). The lowest BCUT2D eigenvalue weighted by Gasteiger charge is -2.06. The molecule has 0 aliphatic heterocycles. The predicted octanol–water partition coefficient (Wildman–Crippen LogP) is 3.00. The molecule has 0 aliphatic carbocycles. The molecule has 0 saturated carbocycles. The number of thiocarbonyl (C=S) groups is 1. The Morgan fingerprint density at radius 2 is 1.96 bits per heavy atom. The van der Waals surface area contributed by atoms with Crippen molar-refractivity contribution in [1.29, 1.82) is 0 Å². The lowest BCUT2D eigenvalue weighted by Crippen LogP contribution is -2.23. The summed E-state index contributed by atoms with van der Waals surface area (Å²) in [6.45, 7) is 0.448. The molecule has 0 aliphatic rings. The molecule has 0 atom stereocenters. The van der Waals surface area contributed by atoms with Gasteiger partial charge in [0.15, 0.2) is 5.11 Å². The van der Waals surface area contributed by atoms with Gasteiger partial charge in [0.05, 0.1) is 12.8 Å². The molecule has 0 saturated heterocycles. The third-order valence-corrected chi connectivity index (χ3v) is 3.59. The second kappa shape index (κ2) is 6.58. The van der Waals surface area contributed by atoms with Crippen LogP contribution in [0.1, 0.15) is 11.1 Å². The Morgan fingerprint density at radius 1 is 1.22 bits per heavy atom. The van der Waals surface area contributed by atoms with E-state index < -0.39 is 0 Å². The van der Waals surface area contributed by atoms with Gasteiger partial charge in [-0.05, 0) is 24.4 Å². The SMILES string of the molecule is NC(=S)NN=Cc1cn(Cc2ccccc2F)c2ccccc12. The van der Waals surface area contributed by atoms with E-state index >= 15 is 0 Å². The Morgan fingerprint density at radius 3 is 2.74 bits per heavy atom. The lowest BCUT2D eigenvalue weighted by molar-refractivity contribution is 0.602. The quantitative estimate of drug-likeness (QED) is 0.440. The first-order chi connectivity index (χ1) is 11.1. The molecule has 0 bridgehead atoms. The Bertz CT molecular complexity index is 885. The third-order valence-electron chi connectivity index (χ3n) is 3.50. The van der Waals surface area contributed by atoms with Crippen LogP contribution in [0.2, 0.25) is 0 Å². The van der Waals surface area contributed by atoms with Crippen LogP contribution in [0.15, 0.2) is 59.8 Å². The summed E-state index contributed by atoms with van der Waals surface area (Å²) in [5.41, 5.74) is 10.4. The molecule has 1 aromatic heterocycles. The highest BCUT2D eigenvalue weighted by molar-refractivity contribution is 7.80. The second-order valence-corrected chi connectivity index (χ2v) is 5.49. The minimum Gasteiger partial charge on any atom is -0.375 e. The van der Waals surface area contributed by atoms with Crippen molar-refractivity contribution in [3.05, 3.63) is 71.7 Å². The minimum absolute atomic E-state index is 0.108. The van der Waals surface area contributed by atoms with Crippen LogP contribution in [0.25, 0.3) is 10.9 Å². The first-order valence-corrected chi connectivity index (χ1v) is 7.46. The van der Waals surface area contributed by atoms with E-state index in [9.17, 15) is 4.39 Å². The Balaban J connectivity index is 1.99. The molecule has 23 heavy (non-hydrogen) atoms. The van der Waals surface area contributed by atoms with E-state index in [0.29, 0.717) is 12.1 Å². The summed E-state index contributed by atoms with van der Waals surface area (Å²) in [7, 11) is 0. The molecule has 4 nitrogen and oxygen atoms in total. The fourth-order valence-corrected chi connectivity index (χ4v) is 2.54. The number of rotatable bonds is 4. The molecule has 6 heteroatoms. The van der Waals surface area contributed by atoms with Crippen LogP contribution in [0.4, 0.5) is 4.39 Å². The normalized spacial score (nSPS) is 11.2. The third kappa shape index (κ3) is 3.37. The number of hydrogen-bond acceptors (Lipinski definition) is 2. The van der Waals surface area contributed by atoms with Crippen LogP contribution in [0.3, 0.4) is 0 Å². The summed E-state index contributed by atoms with van der Waals surface area (Å²) >= 11 is 4.72. The molecular formula is C17H15FN4S. The van der Waals surface area contributed by atoms with Gasteiger partial charge >= 0.3 is 0 Å². The van der Waals surface area contributed by atoms with Crippen LogP contribution < -0.4 is 11.2 Å². The minimum atomic E-state index is -0.212. The van der Waals surface area contributed by atoms with Gasteiger partial charge in [0.2, 0.25) is 0 Å². The summed E-state index contributed by atoms with van der Waals surface area (Å²) in [6.07, 6.45) is 3.58. The highest BCUT2D eigenvalue weighted by Crippen LogP contribution is 2.21. The van der Waals surface area contributed by atoms with Gasteiger partial charge < -0.3 is 10.3 Å². The van der Waals surface area contributed by atoms with Gasteiger partial charge in [0, 0.05) is 28.2 Å². The van der Waals surface area contributed by atoms with Gasteiger partial charge in [-0.25, -0.2) is 4.39 Å². The highest BCUT2D eigenvalue weighted by Gasteiger charge is 2.09. The van der Waals surface area contributed by atoms with Crippen molar-refractivity contribution >= 4 is 34.4 Å². The van der Waals surface area contributed by atoms with Gasteiger partial charge in [-0.3, -0.25) is 5.43 Å². The number of nitrogens with two attached hydrogens (primary N) is 1. The summed E-state index contributed by atoms with van der Waals surface area (Å²) < 4.78 is 15.9. The summed E-state index contributed by atoms with van der Waals surface area (Å²) in [5.74, 6) is -0.212. The van der Waals surface area contributed by atoms with E-state index in [1.807, 2.05) is 41.1 Å². The van der Waals surface area contributed by atoms with E-state index in [0.717, 1.165) is 16.5 Å². The van der Waals surface area contributed by atoms with E-state index in [4.69, 9.17) is 18.0 Å². The van der Waals surface area contributed by atoms with Crippen LogP contribution in [0.5, 0.6) is 0 Å². The van der Waals surface area contributed by atoms with Gasteiger partial charge in [-0.2, -0.15) is 5.10 Å². The van der Waals surface area contributed by atoms with Gasteiger partial charge in [-0.15, -0.1) is 0 Å². The molecule has 0 spiro atoms. The van der Waals surface area contributed by atoms with Gasteiger partial charge in [0.1, 0.15) is 5.82 Å². The zero-order valence-corrected chi connectivity index (χ0v) is 13.1. The number of fused-ring (bicyclic) bond motifs is 1. The molecule has 3 aromatic rings. The number of nitrogens with one attached hydrogen (secondary N) is 1. The Hall–Kier alpha value is -2.73.